The summed E-state index contributed by atoms with van der Waals surface area (Å²) in [4.78, 5) is 12.4. The summed E-state index contributed by atoms with van der Waals surface area (Å²) in [5.74, 6) is 0.175. The van der Waals surface area contributed by atoms with E-state index in [1.165, 1.54) is 11.3 Å². The van der Waals surface area contributed by atoms with Crippen LogP contribution in [0.4, 0.5) is 0 Å². The molecule has 1 heterocycles. The Morgan fingerprint density at radius 2 is 1.90 bits per heavy atom. The summed E-state index contributed by atoms with van der Waals surface area (Å²) in [7, 11) is 0. The Hall–Kier alpha value is -1.23. The molecule has 1 aliphatic rings. The first kappa shape index (κ1) is 14.7. The van der Waals surface area contributed by atoms with Crippen molar-refractivity contribution in [2.45, 2.75) is 25.4 Å². The molecule has 3 rings (SSSR count). The maximum Gasteiger partial charge on any atom is 0.345 e. The first-order chi connectivity index (χ1) is 10.0. The lowest BCUT2D eigenvalue weighted by atomic mass is 10.1. The molecule has 1 saturated carbocycles. The van der Waals surface area contributed by atoms with Crippen LogP contribution in [0.5, 0.6) is 5.75 Å². The Bertz CT molecular complexity index is 672. The molecule has 0 bridgehead atoms. The zero-order chi connectivity index (χ0) is 15.0. The molecule has 1 aromatic carbocycles. The predicted molar refractivity (Wildman–Crippen MR) is 84.0 cm³/mol. The van der Waals surface area contributed by atoms with Gasteiger partial charge in [-0.25, -0.2) is 4.79 Å². The average molecular weight is 343 g/mol. The molecule has 0 aliphatic heterocycles. The molecule has 0 atom stereocenters. The molecule has 1 aromatic heterocycles. The van der Waals surface area contributed by atoms with Crippen LogP contribution in [-0.4, -0.2) is 11.1 Å². The molecule has 0 amide bonds. The van der Waals surface area contributed by atoms with Gasteiger partial charge in [-0.2, -0.15) is 0 Å². The average Bonchev–Trinajstić information content (AvgIpc) is 3.15. The predicted octanol–water partition coefficient (Wildman–Crippen LogP) is 5.21. The summed E-state index contributed by atoms with van der Waals surface area (Å²) in [6.45, 7) is 0.334. The highest BCUT2D eigenvalue weighted by molar-refractivity contribution is 7.14. The second-order valence-electron chi connectivity index (χ2n) is 4.96. The van der Waals surface area contributed by atoms with Crippen molar-refractivity contribution in [3.8, 4) is 5.75 Å². The number of carbonyl (C=O) groups is 1. The summed E-state index contributed by atoms with van der Waals surface area (Å²) >= 11 is 13.1. The van der Waals surface area contributed by atoms with E-state index in [0.29, 0.717) is 33.2 Å². The van der Waals surface area contributed by atoms with Crippen molar-refractivity contribution >= 4 is 40.5 Å². The molecule has 21 heavy (non-hydrogen) atoms. The van der Waals surface area contributed by atoms with Crippen LogP contribution in [-0.2, 0) is 6.61 Å². The molecule has 110 valence electrons. The zero-order valence-electron chi connectivity index (χ0n) is 10.9. The number of halogens is 2. The lowest BCUT2D eigenvalue weighted by molar-refractivity contribution is 0.0702. The molecule has 1 aliphatic carbocycles. The Kier molecular flexibility index (Phi) is 4.11. The van der Waals surface area contributed by atoms with Gasteiger partial charge in [0.2, 0.25) is 0 Å². The standard InChI is InChI=1S/C15H12Cl2O3S/c16-9-3-10(17)5-11(4-9)20-7-14-12(8-1-2-8)6-13(21-14)15(18)19/h3-6,8H,1-2,7H2,(H,18,19). The Morgan fingerprint density at radius 3 is 2.48 bits per heavy atom. The number of carboxylic acids is 1. The van der Waals surface area contributed by atoms with E-state index in [-0.39, 0.29) is 0 Å². The van der Waals surface area contributed by atoms with Crippen molar-refractivity contribution in [3.05, 3.63) is 49.6 Å². The van der Waals surface area contributed by atoms with Gasteiger partial charge in [0.25, 0.3) is 0 Å². The molecule has 0 unspecified atom stereocenters. The number of hydrogen-bond acceptors (Lipinski definition) is 3. The molecule has 2 aromatic rings. The molecule has 1 fully saturated rings. The molecular formula is C15H12Cl2O3S. The zero-order valence-corrected chi connectivity index (χ0v) is 13.3. The summed E-state index contributed by atoms with van der Waals surface area (Å²) in [5, 5.41) is 10.1. The summed E-state index contributed by atoms with van der Waals surface area (Å²) in [5.41, 5.74) is 1.10. The van der Waals surface area contributed by atoms with E-state index in [9.17, 15) is 4.79 Å². The fraction of sp³-hybridized carbons (Fsp3) is 0.267. The van der Waals surface area contributed by atoms with Gasteiger partial charge in [-0.15, -0.1) is 11.3 Å². The van der Waals surface area contributed by atoms with Crippen molar-refractivity contribution < 1.29 is 14.6 Å². The van der Waals surface area contributed by atoms with E-state index >= 15 is 0 Å². The Balaban J connectivity index is 1.79. The number of benzene rings is 1. The minimum atomic E-state index is -0.890. The second kappa shape index (κ2) is 5.87. The maximum absolute atomic E-state index is 11.1. The number of carboxylic acid groups (broad SMARTS) is 1. The van der Waals surface area contributed by atoms with E-state index in [1.807, 2.05) is 0 Å². The summed E-state index contributed by atoms with van der Waals surface area (Å²) in [6.07, 6.45) is 2.23. The molecular weight excluding hydrogens is 331 g/mol. The highest BCUT2D eigenvalue weighted by Gasteiger charge is 2.29. The fourth-order valence-corrected chi connectivity index (χ4v) is 3.67. The monoisotopic (exact) mass is 342 g/mol. The SMILES string of the molecule is O=C(O)c1cc(C2CC2)c(COc2cc(Cl)cc(Cl)c2)s1. The van der Waals surface area contributed by atoms with Crippen molar-refractivity contribution in [2.75, 3.05) is 0 Å². The highest BCUT2D eigenvalue weighted by atomic mass is 35.5. The van der Waals surface area contributed by atoms with Crippen molar-refractivity contribution in [3.63, 3.8) is 0 Å². The van der Waals surface area contributed by atoms with E-state index in [0.717, 1.165) is 23.3 Å². The van der Waals surface area contributed by atoms with Gasteiger partial charge in [0.05, 0.1) is 0 Å². The van der Waals surface area contributed by atoms with Crippen LogP contribution in [0, 0.1) is 0 Å². The lowest BCUT2D eigenvalue weighted by Gasteiger charge is -2.07. The molecule has 0 spiro atoms. The van der Waals surface area contributed by atoms with E-state index in [1.54, 1.807) is 24.3 Å². The Morgan fingerprint density at radius 1 is 1.24 bits per heavy atom. The fourth-order valence-electron chi connectivity index (χ4n) is 2.16. The van der Waals surface area contributed by atoms with E-state index in [2.05, 4.69) is 0 Å². The molecule has 6 heteroatoms. The third-order valence-corrected chi connectivity index (χ3v) is 4.82. The van der Waals surface area contributed by atoms with Gasteiger partial charge >= 0.3 is 5.97 Å². The van der Waals surface area contributed by atoms with Crippen LogP contribution in [0.3, 0.4) is 0 Å². The number of hydrogen-bond donors (Lipinski definition) is 1. The summed E-state index contributed by atoms with van der Waals surface area (Å²) < 4.78 is 5.71. The minimum Gasteiger partial charge on any atom is -0.488 e. The van der Waals surface area contributed by atoms with E-state index in [4.69, 9.17) is 33.0 Å². The van der Waals surface area contributed by atoms with Gasteiger partial charge in [-0.1, -0.05) is 23.2 Å². The lowest BCUT2D eigenvalue weighted by Crippen LogP contribution is -1.95. The van der Waals surface area contributed by atoms with Gasteiger partial charge in [0.15, 0.2) is 0 Å². The molecule has 3 nitrogen and oxygen atoms in total. The van der Waals surface area contributed by atoms with Gasteiger partial charge in [0.1, 0.15) is 17.2 Å². The maximum atomic E-state index is 11.1. The minimum absolute atomic E-state index is 0.334. The van der Waals surface area contributed by atoms with Crippen LogP contribution in [0.25, 0.3) is 0 Å². The second-order valence-corrected chi connectivity index (χ2v) is 6.97. The van der Waals surface area contributed by atoms with Crippen LogP contribution in [0.15, 0.2) is 24.3 Å². The van der Waals surface area contributed by atoms with Gasteiger partial charge in [-0.05, 0) is 48.6 Å². The summed E-state index contributed by atoms with van der Waals surface area (Å²) in [6, 6.07) is 6.79. The Labute approximate surface area is 136 Å². The highest BCUT2D eigenvalue weighted by Crippen LogP contribution is 2.44. The van der Waals surface area contributed by atoms with Gasteiger partial charge < -0.3 is 9.84 Å². The molecule has 0 radical (unpaired) electrons. The largest absolute Gasteiger partial charge is 0.488 e. The van der Waals surface area contributed by atoms with Crippen molar-refractivity contribution in [1.82, 2.24) is 0 Å². The molecule has 0 saturated heterocycles. The normalized spacial score (nSPS) is 14.2. The topological polar surface area (TPSA) is 46.5 Å². The van der Waals surface area contributed by atoms with Crippen LogP contribution >= 0.6 is 34.5 Å². The number of rotatable bonds is 5. The number of ether oxygens (including phenoxy) is 1. The van der Waals surface area contributed by atoms with Crippen LogP contribution in [0.1, 0.15) is 38.9 Å². The third kappa shape index (κ3) is 3.51. The number of aromatic carboxylic acids is 1. The van der Waals surface area contributed by atoms with E-state index < -0.39 is 5.97 Å². The molecule has 1 N–H and O–H groups in total. The third-order valence-electron chi connectivity index (χ3n) is 3.28. The first-order valence-corrected chi connectivity index (χ1v) is 8.05. The van der Waals surface area contributed by atoms with Crippen molar-refractivity contribution in [2.24, 2.45) is 0 Å². The quantitative estimate of drug-likeness (QED) is 0.811. The van der Waals surface area contributed by atoms with Crippen LogP contribution < -0.4 is 4.74 Å². The smallest absolute Gasteiger partial charge is 0.345 e. The van der Waals surface area contributed by atoms with Crippen molar-refractivity contribution in [1.29, 1.82) is 0 Å². The van der Waals surface area contributed by atoms with Gasteiger partial charge in [0, 0.05) is 14.9 Å². The first-order valence-electron chi connectivity index (χ1n) is 6.47. The van der Waals surface area contributed by atoms with Crippen LogP contribution in [0.2, 0.25) is 10.0 Å². The number of thiophene rings is 1. The van der Waals surface area contributed by atoms with Gasteiger partial charge in [-0.3, -0.25) is 0 Å².